The summed E-state index contributed by atoms with van der Waals surface area (Å²) in [5, 5.41) is 11.6. The van der Waals surface area contributed by atoms with Crippen LogP contribution in [0.1, 0.15) is 16.8 Å². The van der Waals surface area contributed by atoms with Gasteiger partial charge in [0.15, 0.2) is 0 Å². The second-order valence-electron chi connectivity index (χ2n) is 5.78. The molecule has 2 rings (SSSR count). The number of halogens is 1. The first-order chi connectivity index (χ1) is 13.2. The molecule has 0 aromatic heterocycles. The Labute approximate surface area is 176 Å². The number of sulfonamides is 1. The molecule has 2 aromatic carbocycles. The van der Waals surface area contributed by atoms with Crippen LogP contribution in [0.15, 0.2) is 57.9 Å². The van der Waals surface area contributed by atoms with E-state index in [0.29, 0.717) is 5.75 Å². The van der Waals surface area contributed by atoms with Gasteiger partial charge in [-0.1, -0.05) is 22.0 Å². The number of rotatable bonds is 9. The van der Waals surface area contributed by atoms with Crippen molar-refractivity contribution in [2.75, 3.05) is 17.3 Å². The molecule has 0 heterocycles. The molecule has 3 N–H and O–H groups in total. The monoisotopic (exact) mass is 486 g/mol. The minimum atomic E-state index is -3.90. The van der Waals surface area contributed by atoms with Gasteiger partial charge >= 0.3 is 5.97 Å². The highest BCUT2D eigenvalue weighted by atomic mass is 79.9. The summed E-state index contributed by atoms with van der Waals surface area (Å²) in [4.78, 5) is 23.8. The molecule has 28 heavy (non-hydrogen) atoms. The Morgan fingerprint density at radius 3 is 2.46 bits per heavy atom. The molecule has 0 aliphatic heterocycles. The van der Waals surface area contributed by atoms with E-state index >= 15 is 0 Å². The molecular formula is C18H19BrN2O5S2. The molecule has 0 fully saturated rings. The number of carbonyl (C=O) groups excluding carboxylic acids is 1. The molecule has 0 spiro atoms. The number of carbonyl (C=O) groups is 2. The lowest BCUT2D eigenvalue weighted by atomic mass is 10.2. The van der Waals surface area contributed by atoms with Gasteiger partial charge in [0.25, 0.3) is 0 Å². The molecule has 7 nitrogen and oxygen atoms in total. The van der Waals surface area contributed by atoms with E-state index in [1.807, 2.05) is 6.26 Å². The maximum atomic E-state index is 12.7. The number of carboxylic acid groups (broad SMARTS) is 1. The smallest absolute Gasteiger partial charge is 0.335 e. The largest absolute Gasteiger partial charge is 0.478 e. The Morgan fingerprint density at radius 1 is 1.18 bits per heavy atom. The van der Waals surface area contributed by atoms with E-state index in [4.69, 9.17) is 5.11 Å². The van der Waals surface area contributed by atoms with Crippen molar-refractivity contribution >= 4 is 55.3 Å². The number of carboxylic acids is 1. The van der Waals surface area contributed by atoms with Crippen LogP contribution < -0.4 is 10.0 Å². The molecule has 0 bridgehead atoms. The zero-order valence-electron chi connectivity index (χ0n) is 14.9. The minimum Gasteiger partial charge on any atom is -0.478 e. The van der Waals surface area contributed by atoms with Crippen LogP contribution in [-0.2, 0) is 14.8 Å². The van der Waals surface area contributed by atoms with Crippen molar-refractivity contribution in [1.82, 2.24) is 4.72 Å². The van der Waals surface area contributed by atoms with Crippen LogP contribution in [0.4, 0.5) is 5.69 Å². The maximum Gasteiger partial charge on any atom is 0.335 e. The molecular weight excluding hydrogens is 468 g/mol. The van der Waals surface area contributed by atoms with Gasteiger partial charge in [-0.05, 0) is 60.9 Å². The fraction of sp³-hybridized carbons (Fsp3) is 0.222. The molecule has 150 valence electrons. The van der Waals surface area contributed by atoms with Gasteiger partial charge < -0.3 is 10.4 Å². The summed E-state index contributed by atoms with van der Waals surface area (Å²) < 4.78 is 28.4. The number of amides is 1. The summed E-state index contributed by atoms with van der Waals surface area (Å²) in [6.45, 7) is 0. The van der Waals surface area contributed by atoms with Crippen LogP contribution in [0.5, 0.6) is 0 Å². The van der Waals surface area contributed by atoms with E-state index in [0.717, 1.165) is 4.47 Å². The molecule has 0 saturated heterocycles. The summed E-state index contributed by atoms with van der Waals surface area (Å²) in [7, 11) is -3.90. The van der Waals surface area contributed by atoms with Crippen LogP contribution in [0.3, 0.4) is 0 Å². The second kappa shape index (κ2) is 10.1. The van der Waals surface area contributed by atoms with Crippen molar-refractivity contribution in [2.24, 2.45) is 0 Å². The second-order valence-corrected chi connectivity index (χ2v) is 9.40. The van der Waals surface area contributed by atoms with Gasteiger partial charge in [0.1, 0.15) is 6.04 Å². The van der Waals surface area contributed by atoms with E-state index in [-0.39, 0.29) is 22.6 Å². The van der Waals surface area contributed by atoms with Gasteiger partial charge in [-0.25, -0.2) is 13.2 Å². The predicted octanol–water partition coefficient (Wildman–Crippen LogP) is 3.19. The summed E-state index contributed by atoms with van der Waals surface area (Å²) in [5.74, 6) is -1.11. The zero-order chi connectivity index (χ0) is 20.7. The average molecular weight is 487 g/mol. The van der Waals surface area contributed by atoms with Crippen LogP contribution >= 0.6 is 27.7 Å². The van der Waals surface area contributed by atoms with Crippen LogP contribution in [-0.4, -0.2) is 43.5 Å². The van der Waals surface area contributed by atoms with Crippen molar-refractivity contribution in [1.29, 1.82) is 0 Å². The lowest BCUT2D eigenvalue weighted by Crippen LogP contribution is -2.44. The molecule has 1 unspecified atom stereocenters. The van der Waals surface area contributed by atoms with E-state index in [1.165, 1.54) is 42.1 Å². The lowest BCUT2D eigenvalue weighted by Gasteiger charge is -2.18. The van der Waals surface area contributed by atoms with E-state index < -0.39 is 27.9 Å². The number of aromatic carboxylic acids is 1. The molecule has 0 radical (unpaired) electrons. The third kappa shape index (κ3) is 6.33. The highest BCUT2D eigenvalue weighted by Crippen LogP contribution is 2.17. The first-order valence-corrected chi connectivity index (χ1v) is 11.8. The van der Waals surface area contributed by atoms with Gasteiger partial charge in [0, 0.05) is 10.2 Å². The quantitative estimate of drug-likeness (QED) is 0.501. The lowest BCUT2D eigenvalue weighted by molar-refractivity contribution is -0.117. The first-order valence-electron chi connectivity index (χ1n) is 8.14. The number of nitrogens with one attached hydrogen (secondary N) is 2. The van der Waals surface area contributed by atoms with Crippen molar-refractivity contribution < 1.29 is 23.1 Å². The predicted molar refractivity (Wildman–Crippen MR) is 113 cm³/mol. The molecule has 0 aliphatic rings. The highest BCUT2D eigenvalue weighted by Gasteiger charge is 2.25. The van der Waals surface area contributed by atoms with Crippen molar-refractivity contribution in [3.8, 4) is 0 Å². The fourth-order valence-corrected chi connectivity index (χ4v) is 4.27. The van der Waals surface area contributed by atoms with Gasteiger partial charge in [-0.2, -0.15) is 16.5 Å². The van der Waals surface area contributed by atoms with Gasteiger partial charge in [0.05, 0.1) is 10.5 Å². The zero-order valence-corrected chi connectivity index (χ0v) is 18.1. The molecule has 0 aliphatic carbocycles. The number of thioether (sulfide) groups is 1. The molecule has 1 atom stereocenters. The Balaban J connectivity index is 2.20. The maximum absolute atomic E-state index is 12.7. The Morgan fingerprint density at radius 2 is 1.86 bits per heavy atom. The van der Waals surface area contributed by atoms with Crippen LogP contribution in [0.2, 0.25) is 0 Å². The standard InChI is InChI=1S/C18H19BrN2O5S2/c1-27-10-9-16(21-28(25,26)15-7-5-13(19)6-8-15)17(22)20-14-4-2-3-12(11-14)18(23)24/h2-8,11,16,21H,9-10H2,1H3,(H,20,22)(H,23,24). The topological polar surface area (TPSA) is 113 Å². The van der Waals surface area contributed by atoms with Crippen molar-refractivity contribution in [2.45, 2.75) is 17.4 Å². The van der Waals surface area contributed by atoms with Gasteiger partial charge in [-0.15, -0.1) is 0 Å². The minimum absolute atomic E-state index is 0.0221. The van der Waals surface area contributed by atoms with Crippen molar-refractivity contribution in [3.63, 3.8) is 0 Å². The normalized spacial score (nSPS) is 12.4. The van der Waals surface area contributed by atoms with E-state index in [9.17, 15) is 18.0 Å². The first kappa shape index (κ1) is 22.4. The fourth-order valence-electron chi connectivity index (χ4n) is 2.31. The molecule has 0 saturated carbocycles. The molecule has 10 heteroatoms. The Hall–Kier alpha value is -1.88. The number of benzene rings is 2. The summed E-state index contributed by atoms with van der Waals surface area (Å²) >= 11 is 4.73. The third-order valence-electron chi connectivity index (χ3n) is 3.73. The highest BCUT2D eigenvalue weighted by molar-refractivity contribution is 9.10. The number of hydrogen-bond donors (Lipinski definition) is 3. The summed E-state index contributed by atoms with van der Waals surface area (Å²) in [6.07, 6.45) is 2.13. The van der Waals surface area contributed by atoms with E-state index in [2.05, 4.69) is 26.0 Å². The Kier molecular flexibility index (Phi) is 8.05. The molecule has 2 aromatic rings. The number of anilines is 1. The van der Waals surface area contributed by atoms with Gasteiger partial charge in [0.2, 0.25) is 15.9 Å². The van der Waals surface area contributed by atoms with Gasteiger partial charge in [-0.3, -0.25) is 4.79 Å². The third-order valence-corrected chi connectivity index (χ3v) is 6.39. The van der Waals surface area contributed by atoms with Crippen LogP contribution in [0, 0.1) is 0 Å². The summed E-state index contributed by atoms with van der Waals surface area (Å²) in [6, 6.07) is 10.8. The van der Waals surface area contributed by atoms with E-state index in [1.54, 1.807) is 18.2 Å². The van der Waals surface area contributed by atoms with Crippen LogP contribution in [0.25, 0.3) is 0 Å². The Bertz CT molecular complexity index is 949. The summed E-state index contributed by atoms with van der Waals surface area (Å²) in [5.41, 5.74) is 0.302. The number of hydrogen-bond acceptors (Lipinski definition) is 5. The SMILES string of the molecule is CSCCC(NS(=O)(=O)c1ccc(Br)cc1)C(=O)Nc1cccc(C(=O)O)c1. The average Bonchev–Trinajstić information content (AvgIpc) is 2.65. The van der Waals surface area contributed by atoms with Crippen molar-refractivity contribution in [3.05, 3.63) is 58.6 Å². The molecule has 1 amide bonds.